The molecule has 1 amide bonds. The molecule has 2 rings (SSSR count). The molecular formula is C14H19BrN2O3. The predicted molar refractivity (Wildman–Crippen MR) is 79.4 cm³/mol. The quantitative estimate of drug-likeness (QED) is 0.898. The third-order valence-corrected chi connectivity index (χ3v) is 4.03. The van der Waals surface area contributed by atoms with Gasteiger partial charge < -0.3 is 14.6 Å². The molecule has 2 heterocycles. The van der Waals surface area contributed by atoms with Crippen molar-refractivity contribution in [3.8, 4) is 0 Å². The first-order valence-electron chi connectivity index (χ1n) is 6.81. The molecule has 5 nitrogen and oxygen atoms in total. The van der Waals surface area contributed by atoms with Crippen LogP contribution in [0.25, 0.3) is 0 Å². The van der Waals surface area contributed by atoms with Gasteiger partial charge in [-0.1, -0.05) is 0 Å². The number of carbonyl (C=O) groups is 1. The first-order chi connectivity index (χ1) is 9.47. The number of carbonyl (C=O) groups excluding carboxylic acids is 1. The highest BCUT2D eigenvalue weighted by Crippen LogP contribution is 2.21. The molecule has 0 aliphatic carbocycles. The van der Waals surface area contributed by atoms with Gasteiger partial charge in [0.15, 0.2) is 0 Å². The van der Waals surface area contributed by atoms with Crippen LogP contribution in [0.4, 0.5) is 0 Å². The number of likely N-dealkylation sites (tertiary alicyclic amines) is 1. The molecule has 2 atom stereocenters. The van der Waals surface area contributed by atoms with Crippen molar-refractivity contribution in [3.05, 3.63) is 33.2 Å². The lowest BCUT2D eigenvalue weighted by atomic mass is 10.1. The van der Waals surface area contributed by atoms with E-state index in [1.807, 2.05) is 0 Å². The van der Waals surface area contributed by atoms with E-state index in [-0.39, 0.29) is 24.1 Å². The molecule has 0 radical (unpaired) electrons. The van der Waals surface area contributed by atoms with Gasteiger partial charge in [0.2, 0.25) is 5.91 Å². The van der Waals surface area contributed by atoms with Crippen molar-refractivity contribution in [2.75, 3.05) is 6.54 Å². The van der Waals surface area contributed by atoms with E-state index >= 15 is 0 Å². The Morgan fingerprint density at radius 2 is 2.30 bits per heavy atom. The molecule has 2 unspecified atom stereocenters. The minimum absolute atomic E-state index is 0.0502. The summed E-state index contributed by atoms with van der Waals surface area (Å²) in [6, 6.07) is 3.19. The third-order valence-electron chi connectivity index (χ3n) is 3.56. The Morgan fingerprint density at radius 1 is 1.55 bits per heavy atom. The van der Waals surface area contributed by atoms with Gasteiger partial charge in [-0.05, 0) is 48.2 Å². The second-order valence-corrected chi connectivity index (χ2v) is 6.20. The molecule has 1 aliphatic rings. The monoisotopic (exact) mass is 342 g/mol. The van der Waals surface area contributed by atoms with Crippen LogP contribution in [0.3, 0.4) is 0 Å². The van der Waals surface area contributed by atoms with E-state index in [0.717, 1.165) is 17.3 Å². The number of aliphatic hydroxyl groups excluding tert-OH is 1. The number of aromatic nitrogens is 1. The van der Waals surface area contributed by atoms with E-state index < -0.39 is 6.10 Å². The van der Waals surface area contributed by atoms with Gasteiger partial charge in [-0.25, -0.2) is 0 Å². The van der Waals surface area contributed by atoms with Gasteiger partial charge >= 0.3 is 0 Å². The number of rotatable bonds is 4. The fourth-order valence-corrected chi connectivity index (χ4v) is 3.04. The Balaban J connectivity index is 2.07. The zero-order chi connectivity index (χ0) is 14.7. The molecule has 1 aromatic heterocycles. The van der Waals surface area contributed by atoms with Gasteiger partial charge in [-0.3, -0.25) is 9.59 Å². The van der Waals surface area contributed by atoms with Gasteiger partial charge in [-0.15, -0.1) is 0 Å². The van der Waals surface area contributed by atoms with Crippen LogP contribution in [-0.4, -0.2) is 39.2 Å². The maximum atomic E-state index is 12.3. The van der Waals surface area contributed by atoms with Gasteiger partial charge in [-0.2, -0.15) is 0 Å². The Bertz CT molecular complexity index is 541. The number of amides is 1. The van der Waals surface area contributed by atoms with Crippen molar-refractivity contribution < 1.29 is 9.90 Å². The third kappa shape index (κ3) is 3.70. The van der Waals surface area contributed by atoms with Gasteiger partial charge in [0, 0.05) is 29.3 Å². The number of hydrogen-bond acceptors (Lipinski definition) is 3. The molecule has 6 heteroatoms. The molecular weight excluding hydrogens is 324 g/mol. The van der Waals surface area contributed by atoms with Crippen LogP contribution >= 0.6 is 15.9 Å². The van der Waals surface area contributed by atoms with E-state index in [1.54, 1.807) is 24.1 Å². The minimum atomic E-state index is -0.415. The fraction of sp³-hybridized carbons (Fsp3) is 0.571. The largest absolute Gasteiger partial charge is 0.393 e. The van der Waals surface area contributed by atoms with E-state index in [2.05, 4.69) is 15.9 Å². The van der Waals surface area contributed by atoms with Crippen LogP contribution < -0.4 is 5.56 Å². The summed E-state index contributed by atoms with van der Waals surface area (Å²) in [5.41, 5.74) is -0.187. The summed E-state index contributed by atoms with van der Waals surface area (Å²) < 4.78 is 2.18. The number of aliphatic hydroxyl groups is 1. The predicted octanol–water partition coefficient (Wildman–Crippen LogP) is 1.37. The van der Waals surface area contributed by atoms with Crippen molar-refractivity contribution in [1.82, 2.24) is 9.47 Å². The summed E-state index contributed by atoms with van der Waals surface area (Å²) in [5.74, 6) is -0.0617. The zero-order valence-corrected chi connectivity index (χ0v) is 13.0. The van der Waals surface area contributed by atoms with E-state index in [9.17, 15) is 14.7 Å². The molecule has 1 aromatic rings. The summed E-state index contributed by atoms with van der Waals surface area (Å²) in [7, 11) is 0. The highest BCUT2D eigenvalue weighted by Gasteiger charge is 2.29. The normalized spacial score (nSPS) is 20.1. The van der Waals surface area contributed by atoms with E-state index in [1.165, 1.54) is 10.6 Å². The topological polar surface area (TPSA) is 62.5 Å². The second-order valence-electron chi connectivity index (χ2n) is 5.28. The molecule has 1 saturated heterocycles. The van der Waals surface area contributed by atoms with Crippen LogP contribution in [0.5, 0.6) is 0 Å². The highest BCUT2D eigenvalue weighted by atomic mass is 79.9. The fourth-order valence-electron chi connectivity index (χ4n) is 2.67. The maximum absolute atomic E-state index is 12.3. The van der Waals surface area contributed by atoms with Gasteiger partial charge in [0.1, 0.15) is 6.54 Å². The summed E-state index contributed by atoms with van der Waals surface area (Å²) in [5, 5.41) is 9.48. The van der Waals surface area contributed by atoms with Gasteiger partial charge in [0.25, 0.3) is 5.56 Å². The Labute approximate surface area is 126 Å². The van der Waals surface area contributed by atoms with Crippen LogP contribution in [0, 0.1) is 0 Å². The lowest BCUT2D eigenvalue weighted by molar-refractivity contribution is -0.133. The standard InChI is InChI=1S/C14H19BrN2O3/c1-10(18)7-12-3-2-6-17(12)14(20)9-16-8-11(15)4-5-13(16)19/h4-5,8,10,12,18H,2-3,6-7,9H2,1H3. The highest BCUT2D eigenvalue weighted by molar-refractivity contribution is 9.10. The molecule has 0 aromatic carbocycles. The van der Waals surface area contributed by atoms with Crippen molar-refractivity contribution in [1.29, 1.82) is 0 Å². The Hall–Kier alpha value is -1.14. The van der Waals surface area contributed by atoms with Crippen molar-refractivity contribution in [2.45, 2.75) is 44.9 Å². The van der Waals surface area contributed by atoms with E-state index in [0.29, 0.717) is 13.0 Å². The number of halogens is 1. The van der Waals surface area contributed by atoms with Crippen molar-refractivity contribution in [3.63, 3.8) is 0 Å². The smallest absolute Gasteiger partial charge is 0.251 e. The van der Waals surface area contributed by atoms with Crippen molar-refractivity contribution in [2.24, 2.45) is 0 Å². The molecule has 1 aliphatic heterocycles. The number of hydrogen-bond donors (Lipinski definition) is 1. The lowest BCUT2D eigenvalue weighted by Crippen LogP contribution is -2.40. The lowest BCUT2D eigenvalue weighted by Gasteiger charge is -2.26. The van der Waals surface area contributed by atoms with Crippen LogP contribution in [0.2, 0.25) is 0 Å². The van der Waals surface area contributed by atoms with Gasteiger partial charge in [0.05, 0.1) is 6.10 Å². The first kappa shape index (κ1) is 15.3. The number of nitrogens with zero attached hydrogens (tertiary/aromatic N) is 2. The average molecular weight is 343 g/mol. The van der Waals surface area contributed by atoms with Crippen LogP contribution in [0.1, 0.15) is 26.2 Å². The zero-order valence-electron chi connectivity index (χ0n) is 11.5. The summed E-state index contributed by atoms with van der Waals surface area (Å²) in [6.45, 7) is 2.49. The summed E-state index contributed by atoms with van der Waals surface area (Å²) in [4.78, 5) is 25.8. The maximum Gasteiger partial charge on any atom is 0.251 e. The number of pyridine rings is 1. The second kappa shape index (κ2) is 6.54. The molecule has 0 spiro atoms. The van der Waals surface area contributed by atoms with Crippen LogP contribution in [0.15, 0.2) is 27.6 Å². The molecule has 1 fully saturated rings. The molecule has 110 valence electrons. The molecule has 1 N–H and O–H groups in total. The first-order valence-corrected chi connectivity index (χ1v) is 7.60. The van der Waals surface area contributed by atoms with Crippen LogP contribution in [-0.2, 0) is 11.3 Å². The van der Waals surface area contributed by atoms with Crippen molar-refractivity contribution >= 4 is 21.8 Å². The Morgan fingerprint density at radius 3 is 3.00 bits per heavy atom. The SMILES string of the molecule is CC(O)CC1CCCN1C(=O)Cn1cc(Br)ccc1=O. The molecule has 20 heavy (non-hydrogen) atoms. The average Bonchev–Trinajstić information content (AvgIpc) is 2.81. The Kier molecular flexibility index (Phi) is 4.99. The summed E-state index contributed by atoms with van der Waals surface area (Å²) >= 11 is 3.30. The van der Waals surface area contributed by atoms with E-state index in [4.69, 9.17) is 0 Å². The summed E-state index contributed by atoms with van der Waals surface area (Å²) in [6.07, 6.45) is 3.68. The minimum Gasteiger partial charge on any atom is -0.393 e. The molecule has 0 saturated carbocycles. The molecule has 0 bridgehead atoms.